The maximum atomic E-state index is 13.4. The van der Waals surface area contributed by atoms with Crippen molar-refractivity contribution in [1.29, 1.82) is 0 Å². The molecular formula is C30H33ClF2N6O4. The second-order valence-electron chi connectivity index (χ2n) is 10.0. The third-order valence-corrected chi connectivity index (χ3v) is 7.00. The fourth-order valence-electron chi connectivity index (χ4n) is 4.95. The molecule has 0 radical (unpaired) electrons. The zero-order chi connectivity index (χ0) is 30.4. The summed E-state index contributed by atoms with van der Waals surface area (Å²) in [6.07, 6.45) is 8.75. The number of anilines is 1. The standard InChI is InChI=1S/C30H33ClF2N6O4/c1-3-16-41-26(4-2)39-25(13-15-36-39)28-23(24-12-14-35-38(24)27-7-5-6-17-42-27)18-20(19-34-28)29(40)37-21-8-10-22(11-9-21)43-30(31,32)33/h8-15,18-19,26-27H,3-7,16-17H2,1-2H3,(H,37,40). The lowest BCUT2D eigenvalue weighted by Gasteiger charge is -2.25. The Morgan fingerprint density at radius 1 is 1.14 bits per heavy atom. The molecule has 0 bridgehead atoms. The average Bonchev–Trinajstić information content (AvgIpc) is 3.69. The van der Waals surface area contributed by atoms with Crippen LogP contribution in [0, 0.1) is 0 Å². The number of nitrogens with zero attached hydrogens (tertiary/aromatic N) is 5. The van der Waals surface area contributed by atoms with Gasteiger partial charge in [-0.05, 0) is 74.6 Å². The first kappa shape index (κ1) is 30.6. The molecule has 1 aromatic carbocycles. The van der Waals surface area contributed by atoms with Crippen molar-refractivity contribution in [2.75, 3.05) is 18.5 Å². The number of ether oxygens (including phenoxy) is 3. The molecule has 43 heavy (non-hydrogen) atoms. The van der Waals surface area contributed by atoms with E-state index in [9.17, 15) is 13.6 Å². The first-order valence-electron chi connectivity index (χ1n) is 14.3. The third-order valence-electron chi connectivity index (χ3n) is 6.92. The fourth-order valence-corrected chi connectivity index (χ4v) is 5.04. The molecule has 0 spiro atoms. The van der Waals surface area contributed by atoms with Crippen molar-refractivity contribution < 1.29 is 27.8 Å². The van der Waals surface area contributed by atoms with Gasteiger partial charge in [-0.3, -0.25) is 9.78 Å². The van der Waals surface area contributed by atoms with Gasteiger partial charge in [0.1, 0.15) is 5.75 Å². The molecule has 1 N–H and O–H groups in total. The number of benzene rings is 1. The van der Waals surface area contributed by atoms with E-state index in [1.54, 1.807) is 18.5 Å². The number of carbonyl (C=O) groups excluding carboxylic acids is 1. The summed E-state index contributed by atoms with van der Waals surface area (Å²) in [7, 11) is 0. The Bertz CT molecular complexity index is 1520. The molecule has 13 heteroatoms. The van der Waals surface area contributed by atoms with Crippen LogP contribution in [-0.4, -0.2) is 49.2 Å². The monoisotopic (exact) mass is 614 g/mol. The quantitative estimate of drug-likeness (QED) is 0.167. The lowest BCUT2D eigenvalue weighted by atomic mass is 10.0. The molecule has 1 aliphatic rings. The van der Waals surface area contributed by atoms with Crippen LogP contribution in [-0.2, 0) is 9.47 Å². The van der Waals surface area contributed by atoms with Crippen molar-refractivity contribution in [3.05, 3.63) is 66.6 Å². The number of alkyl halides is 3. The van der Waals surface area contributed by atoms with Gasteiger partial charge in [0.05, 0.1) is 22.6 Å². The van der Waals surface area contributed by atoms with Crippen molar-refractivity contribution >= 4 is 23.2 Å². The van der Waals surface area contributed by atoms with Gasteiger partial charge in [0.2, 0.25) is 0 Å². The van der Waals surface area contributed by atoms with E-state index in [2.05, 4.69) is 27.2 Å². The number of nitrogens with one attached hydrogen (secondary N) is 1. The highest BCUT2D eigenvalue weighted by molar-refractivity contribution is 6.20. The molecule has 4 aromatic rings. The molecule has 1 saturated heterocycles. The maximum absolute atomic E-state index is 13.4. The van der Waals surface area contributed by atoms with E-state index in [1.165, 1.54) is 30.5 Å². The van der Waals surface area contributed by atoms with Gasteiger partial charge in [0.15, 0.2) is 12.5 Å². The van der Waals surface area contributed by atoms with E-state index < -0.39 is 11.5 Å². The van der Waals surface area contributed by atoms with Gasteiger partial charge < -0.3 is 19.5 Å². The van der Waals surface area contributed by atoms with Gasteiger partial charge >= 0.3 is 5.57 Å². The van der Waals surface area contributed by atoms with Crippen LogP contribution < -0.4 is 10.1 Å². The summed E-state index contributed by atoms with van der Waals surface area (Å²) in [4.78, 5) is 18.1. The highest BCUT2D eigenvalue weighted by Gasteiger charge is 2.28. The summed E-state index contributed by atoms with van der Waals surface area (Å²) >= 11 is 4.84. The van der Waals surface area contributed by atoms with E-state index in [4.69, 9.17) is 26.1 Å². The number of aromatic nitrogens is 5. The van der Waals surface area contributed by atoms with Crippen molar-refractivity contribution in [2.45, 2.75) is 64.0 Å². The molecule has 1 fully saturated rings. The van der Waals surface area contributed by atoms with E-state index in [1.807, 2.05) is 28.4 Å². The smallest absolute Gasteiger partial charge is 0.420 e. The molecule has 2 atom stereocenters. The SMILES string of the molecule is CCCOC(CC)n1nccc1-c1ncc(C(=O)Nc2ccc(OC(F)(F)Cl)cc2)cc1-c1ccnn1C1CCCCO1. The van der Waals surface area contributed by atoms with E-state index >= 15 is 0 Å². The number of carbonyl (C=O) groups is 1. The van der Waals surface area contributed by atoms with Gasteiger partial charge in [-0.1, -0.05) is 13.8 Å². The molecule has 4 heterocycles. The highest BCUT2D eigenvalue weighted by Crippen LogP contribution is 2.36. The summed E-state index contributed by atoms with van der Waals surface area (Å²) < 4.78 is 46.0. The average molecular weight is 615 g/mol. The Kier molecular flexibility index (Phi) is 9.69. The topological polar surface area (TPSA) is 105 Å². The van der Waals surface area contributed by atoms with Crippen molar-refractivity contribution in [3.63, 3.8) is 0 Å². The molecule has 228 valence electrons. The molecule has 0 saturated carbocycles. The highest BCUT2D eigenvalue weighted by atomic mass is 35.5. The van der Waals surface area contributed by atoms with Crippen molar-refractivity contribution in [1.82, 2.24) is 24.5 Å². The van der Waals surface area contributed by atoms with Crippen LogP contribution in [0.3, 0.4) is 0 Å². The minimum absolute atomic E-state index is 0.144. The Morgan fingerprint density at radius 2 is 1.91 bits per heavy atom. The summed E-state index contributed by atoms with van der Waals surface area (Å²) in [6, 6.07) is 10.9. The predicted molar refractivity (Wildman–Crippen MR) is 157 cm³/mol. The van der Waals surface area contributed by atoms with Gasteiger partial charge in [-0.25, -0.2) is 9.36 Å². The molecule has 3 aromatic heterocycles. The number of amides is 1. The molecule has 1 amide bonds. The number of halogens is 3. The summed E-state index contributed by atoms with van der Waals surface area (Å²) in [5.41, 5.74) is -0.439. The van der Waals surface area contributed by atoms with Crippen LogP contribution in [0.2, 0.25) is 0 Å². The molecular weight excluding hydrogens is 582 g/mol. The van der Waals surface area contributed by atoms with Crippen molar-refractivity contribution in [3.8, 4) is 28.4 Å². The normalized spacial score (nSPS) is 16.2. The van der Waals surface area contributed by atoms with Gasteiger partial charge in [0.25, 0.3) is 5.91 Å². The maximum Gasteiger partial charge on any atom is 0.487 e. The number of rotatable bonds is 12. The van der Waals surface area contributed by atoms with Crippen LogP contribution >= 0.6 is 11.6 Å². The van der Waals surface area contributed by atoms with Crippen LogP contribution in [0.5, 0.6) is 5.75 Å². The Labute approximate surface area is 252 Å². The minimum Gasteiger partial charge on any atom is -0.420 e. The minimum atomic E-state index is -3.83. The molecule has 1 aliphatic heterocycles. The molecule has 2 unspecified atom stereocenters. The van der Waals surface area contributed by atoms with Gasteiger partial charge in [-0.2, -0.15) is 10.2 Å². The van der Waals surface area contributed by atoms with E-state index in [0.29, 0.717) is 36.6 Å². The summed E-state index contributed by atoms with van der Waals surface area (Å²) in [5.74, 6) is -0.586. The molecule has 0 aliphatic carbocycles. The summed E-state index contributed by atoms with van der Waals surface area (Å²) in [6.45, 7) is 5.31. The zero-order valence-corrected chi connectivity index (χ0v) is 24.6. The number of hydrogen-bond donors (Lipinski definition) is 1. The van der Waals surface area contributed by atoms with Crippen LogP contribution in [0.15, 0.2) is 61.1 Å². The molecule has 10 nitrogen and oxygen atoms in total. The second kappa shape index (κ2) is 13.6. The lowest BCUT2D eigenvalue weighted by molar-refractivity contribution is -0.0964. The first-order chi connectivity index (χ1) is 20.8. The lowest BCUT2D eigenvalue weighted by Crippen LogP contribution is -2.20. The Hall–Kier alpha value is -3.87. The Morgan fingerprint density at radius 3 is 2.60 bits per heavy atom. The zero-order valence-electron chi connectivity index (χ0n) is 23.9. The van der Waals surface area contributed by atoms with E-state index in [-0.39, 0.29) is 23.8 Å². The summed E-state index contributed by atoms with van der Waals surface area (Å²) in [5, 5.41) is 11.9. The van der Waals surface area contributed by atoms with Crippen molar-refractivity contribution in [2.24, 2.45) is 0 Å². The molecule has 5 rings (SSSR count). The third kappa shape index (κ3) is 7.38. The fraction of sp³-hybridized carbons (Fsp3) is 0.400. The number of pyridine rings is 1. The van der Waals surface area contributed by atoms with Crippen LogP contribution in [0.25, 0.3) is 22.6 Å². The number of hydrogen-bond acceptors (Lipinski definition) is 7. The largest absolute Gasteiger partial charge is 0.487 e. The van der Waals surface area contributed by atoms with Gasteiger partial charge in [0, 0.05) is 54.7 Å². The second-order valence-corrected chi connectivity index (χ2v) is 10.5. The van der Waals surface area contributed by atoms with Gasteiger partial charge in [-0.15, -0.1) is 8.78 Å². The van der Waals surface area contributed by atoms with E-state index in [0.717, 1.165) is 37.1 Å². The van der Waals surface area contributed by atoms with Crippen LogP contribution in [0.4, 0.5) is 14.5 Å². The first-order valence-corrected chi connectivity index (χ1v) is 14.6. The van der Waals surface area contributed by atoms with Crippen LogP contribution in [0.1, 0.15) is 68.8 Å². The predicted octanol–water partition coefficient (Wildman–Crippen LogP) is 7.26. The Balaban J connectivity index is 1.51.